The summed E-state index contributed by atoms with van der Waals surface area (Å²) in [6.07, 6.45) is 0. The van der Waals surface area contributed by atoms with Crippen molar-refractivity contribution in [2.24, 2.45) is 5.73 Å². The summed E-state index contributed by atoms with van der Waals surface area (Å²) in [6.45, 7) is 1.27. The Balaban J connectivity index is 3.13. The van der Waals surface area contributed by atoms with Crippen LogP contribution in [0.4, 0.5) is 0 Å². The highest BCUT2D eigenvalue weighted by Gasteiger charge is 2.27. The van der Waals surface area contributed by atoms with Gasteiger partial charge in [0.1, 0.15) is 11.0 Å². The molecule has 0 radical (unpaired) electrons. The summed E-state index contributed by atoms with van der Waals surface area (Å²) in [5.41, 5.74) is 4.97. The first kappa shape index (κ1) is 12.5. The standard InChI is InChI=1S/C10H13NO4S/c1-7(10(11)12)16(13,14)9-5-3-8(15-2)4-6-9/h3-7H,1-2H3,(H2,11,12)/t7-/m1/s1. The van der Waals surface area contributed by atoms with E-state index in [0.717, 1.165) is 0 Å². The Kier molecular flexibility index (Phi) is 3.54. The van der Waals surface area contributed by atoms with Crippen LogP contribution in [0.15, 0.2) is 29.2 Å². The number of carbonyl (C=O) groups excluding carboxylic acids is 1. The minimum atomic E-state index is -3.69. The summed E-state index contributed by atoms with van der Waals surface area (Å²) in [7, 11) is -2.21. The number of amides is 1. The van der Waals surface area contributed by atoms with Crippen LogP contribution in [0.25, 0.3) is 0 Å². The largest absolute Gasteiger partial charge is 0.497 e. The summed E-state index contributed by atoms with van der Waals surface area (Å²) in [4.78, 5) is 10.9. The number of carbonyl (C=O) groups is 1. The van der Waals surface area contributed by atoms with Crippen LogP contribution in [0, 0.1) is 0 Å². The van der Waals surface area contributed by atoms with Gasteiger partial charge in [0.2, 0.25) is 5.91 Å². The maximum Gasteiger partial charge on any atom is 0.235 e. The van der Waals surface area contributed by atoms with Crippen LogP contribution in [-0.4, -0.2) is 26.7 Å². The van der Waals surface area contributed by atoms with Crippen LogP contribution < -0.4 is 10.5 Å². The van der Waals surface area contributed by atoms with Gasteiger partial charge < -0.3 is 10.5 Å². The Hall–Kier alpha value is -1.56. The van der Waals surface area contributed by atoms with Gasteiger partial charge in [-0.3, -0.25) is 4.79 Å². The van der Waals surface area contributed by atoms with Crippen LogP contribution in [-0.2, 0) is 14.6 Å². The molecule has 88 valence electrons. The molecule has 0 aliphatic rings. The SMILES string of the molecule is COc1ccc(S(=O)(=O)[C@H](C)C(N)=O)cc1. The third-order valence-corrected chi connectivity index (χ3v) is 4.35. The summed E-state index contributed by atoms with van der Waals surface area (Å²) in [5.74, 6) is -0.318. The molecule has 6 heteroatoms. The van der Waals surface area contributed by atoms with Crippen molar-refractivity contribution in [2.45, 2.75) is 17.1 Å². The molecule has 1 aromatic carbocycles. The van der Waals surface area contributed by atoms with E-state index in [1.807, 2.05) is 0 Å². The molecule has 0 aliphatic carbocycles. The van der Waals surface area contributed by atoms with Gasteiger partial charge in [-0.25, -0.2) is 8.42 Å². The van der Waals surface area contributed by atoms with E-state index in [2.05, 4.69) is 0 Å². The topological polar surface area (TPSA) is 86.5 Å². The monoisotopic (exact) mass is 243 g/mol. The van der Waals surface area contributed by atoms with Gasteiger partial charge in [-0.1, -0.05) is 0 Å². The predicted molar refractivity (Wildman–Crippen MR) is 58.8 cm³/mol. The number of rotatable bonds is 4. The molecule has 0 saturated carbocycles. The summed E-state index contributed by atoms with van der Waals surface area (Å²) in [5, 5.41) is -1.24. The lowest BCUT2D eigenvalue weighted by Crippen LogP contribution is -2.33. The van der Waals surface area contributed by atoms with Gasteiger partial charge in [0.25, 0.3) is 0 Å². The molecule has 1 rings (SSSR count). The highest BCUT2D eigenvalue weighted by Crippen LogP contribution is 2.19. The average molecular weight is 243 g/mol. The molecule has 0 saturated heterocycles. The van der Waals surface area contributed by atoms with Gasteiger partial charge >= 0.3 is 0 Å². The lowest BCUT2D eigenvalue weighted by molar-refractivity contribution is -0.117. The molecule has 16 heavy (non-hydrogen) atoms. The first-order valence-corrected chi connectivity index (χ1v) is 6.11. The molecule has 1 amide bonds. The van der Waals surface area contributed by atoms with E-state index >= 15 is 0 Å². The van der Waals surface area contributed by atoms with E-state index in [1.165, 1.54) is 38.3 Å². The summed E-state index contributed by atoms with van der Waals surface area (Å²) < 4.78 is 28.6. The van der Waals surface area contributed by atoms with Crippen LogP contribution in [0.1, 0.15) is 6.92 Å². The van der Waals surface area contributed by atoms with Gasteiger partial charge in [-0.15, -0.1) is 0 Å². The predicted octanol–water partition coefficient (Wildman–Crippen LogP) is 0.343. The van der Waals surface area contributed by atoms with Crippen LogP contribution in [0.3, 0.4) is 0 Å². The second-order valence-corrected chi connectivity index (χ2v) is 5.53. The van der Waals surface area contributed by atoms with E-state index in [0.29, 0.717) is 5.75 Å². The molecule has 0 aromatic heterocycles. The van der Waals surface area contributed by atoms with Crippen LogP contribution in [0.5, 0.6) is 5.75 Å². The van der Waals surface area contributed by atoms with Gasteiger partial charge in [0, 0.05) is 0 Å². The third kappa shape index (κ3) is 2.33. The Morgan fingerprint density at radius 2 is 1.81 bits per heavy atom. The zero-order valence-corrected chi connectivity index (χ0v) is 9.82. The summed E-state index contributed by atoms with van der Waals surface area (Å²) >= 11 is 0. The Labute approximate surface area is 94.1 Å². The van der Waals surface area contributed by atoms with E-state index < -0.39 is 21.0 Å². The Morgan fingerprint density at radius 1 is 1.31 bits per heavy atom. The van der Waals surface area contributed by atoms with E-state index in [9.17, 15) is 13.2 Å². The van der Waals surface area contributed by atoms with E-state index in [-0.39, 0.29) is 4.90 Å². The number of hydrogen-bond acceptors (Lipinski definition) is 4. The number of methoxy groups -OCH3 is 1. The minimum absolute atomic E-state index is 0.0552. The molecule has 0 fully saturated rings. The highest BCUT2D eigenvalue weighted by molar-refractivity contribution is 7.92. The smallest absolute Gasteiger partial charge is 0.235 e. The maximum absolute atomic E-state index is 11.8. The fourth-order valence-corrected chi connectivity index (χ4v) is 2.35. The lowest BCUT2D eigenvalue weighted by Gasteiger charge is -2.09. The van der Waals surface area contributed by atoms with Crippen molar-refractivity contribution in [2.75, 3.05) is 7.11 Å². The highest BCUT2D eigenvalue weighted by atomic mass is 32.2. The lowest BCUT2D eigenvalue weighted by atomic mass is 10.3. The number of ether oxygens (including phenoxy) is 1. The molecule has 0 spiro atoms. The second kappa shape index (κ2) is 4.52. The number of benzene rings is 1. The molecule has 1 aromatic rings. The molecule has 0 aliphatic heterocycles. The first-order chi connectivity index (χ1) is 7.39. The second-order valence-electron chi connectivity index (χ2n) is 3.27. The van der Waals surface area contributed by atoms with Gasteiger partial charge in [-0.05, 0) is 31.2 Å². The minimum Gasteiger partial charge on any atom is -0.497 e. The fraction of sp³-hybridized carbons (Fsp3) is 0.300. The van der Waals surface area contributed by atoms with Crippen molar-refractivity contribution in [3.63, 3.8) is 0 Å². The average Bonchev–Trinajstić information content (AvgIpc) is 2.28. The van der Waals surface area contributed by atoms with Gasteiger partial charge in [0.15, 0.2) is 9.84 Å². The van der Waals surface area contributed by atoms with Crippen molar-refractivity contribution < 1.29 is 17.9 Å². The molecular formula is C10H13NO4S. The zero-order valence-electron chi connectivity index (χ0n) is 9.01. The van der Waals surface area contributed by atoms with Crippen molar-refractivity contribution in [3.05, 3.63) is 24.3 Å². The van der Waals surface area contributed by atoms with E-state index in [4.69, 9.17) is 10.5 Å². The molecule has 5 nitrogen and oxygen atoms in total. The first-order valence-electron chi connectivity index (χ1n) is 4.57. The number of sulfone groups is 1. The maximum atomic E-state index is 11.8. The Bertz CT molecular complexity index is 478. The molecular weight excluding hydrogens is 230 g/mol. The van der Waals surface area contributed by atoms with E-state index in [1.54, 1.807) is 0 Å². The van der Waals surface area contributed by atoms with Crippen molar-refractivity contribution >= 4 is 15.7 Å². The van der Waals surface area contributed by atoms with Crippen molar-refractivity contribution in [1.29, 1.82) is 0 Å². The van der Waals surface area contributed by atoms with Crippen molar-refractivity contribution in [3.8, 4) is 5.75 Å². The quantitative estimate of drug-likeness (QED) is 0.826. The third-order valence-electron chi connectivity index (χ3n) is 2.25. The Morgan fingerprint density at radius 3 is 2.19 bits per heavy atom. The fourth-order valence-electron chi connectivity index (χ4n) is 1.12. The molecule has 0 bridgehead atoms. The zero-order chi connectivity index (χ0) is 12.3. The summed E-state index contributed by atoms with van der Waals surface area (Å²) in [6, 6.07) is 5.79. The number of hydrogen-bond donors (Lipinski definition) is 1. The molecule has 2 N–H and O–H groups in total. The number of nitrogens with two attached hydrogens (primary N) is 1. The molecule has 0 unspecified atom stereocenters. The van der Waals surface area contributed by atoms with Gasteiger partial charge in [0.05, 0.1) is 12.0 Å². The van der Waals surface area contributed by atoms with Crippen molar-refractivity contribution in [1.82, 2.24) is 0 Å². The van der Waals surface area contributed by atoms with Gasteiger partial charge in [-0.2, -0.15) is 0 Å². The van der Waals surface area contributed by atoms with Crippen LogP contribution >= 0.6 is 0 Å². The molecule has 1 atom stereocenters. The normalized spacial score (nSPS) is 13.1. The number of primary amides is 1. The van der Waals surface area contributed by atoms with Crippen LogP contribution in [0.2, 0.25) is 0 Å². The molecule has 0 heterocycles.